The van der Waals surface area contributed by atoms with Gasteiger partial charge in [-0.05, 0) is 46.2 Å². The molecule has 2 heteroatoms. The van der Waals surface area contributed by atoms with Gasteiger partial charge in [0.2, 0.25) is 0 Å². The Morgan fingerprint density at radius 3 is 2.57 bits per heavy atom. The minimum absolute atomic E-state index is 0.229. The quantitative estimate of drug-likeness (QED) is 0.720. The highest BCUT2D eigenvalue weighted by molar-refractivity contribution is 5.21. The summed E-state index contributed by atoms with van der Waals surface area (Å²) < 4.78 is 6.76. The van der Waals surface area contributed by atoms with Gasteiger partial charge in [-0.1, -0.05) is 38.3 Å². The Balaban J connectivity index is 1.87. The van der Waals surface area contributed by atoms with Crippen LogP contribution >= 0.6 is 0 Å². The van der Waals surface area contributed by atoms with Crippen molar-refractivity contribution in [3.05, 3.63) is 11.6 Å². The lowest BCUT2D eigenvalue weighted by Crippen LogP contribution is -2.53. The molecular formula is C19H33NO. The summed E-state index contributed by atoms with van der Waals surface area (Å²) >= 11 is 0. The predicted molar refractivity (Wildman–Crippen MR) is 88.4 cm³/mol. The molecule has 3 aliphatic rings. The summed E-state index contributed by atoms with van der Waals surface area (Å²) in [5, 5.41) is 0. The van der Waals surface area contributed by atoms with Crippen molar-refractivity contribution in [1.29, 1.82) is 0 Å². The molecule has 120 valence electrons. The Bertz CT molecular complexity index is 398. The largest absolute Gasteiger partial charge is 0.373 e. The van der Waals surface area contributed by atoms with Crippen LogP contribution in [0.15, 0.2) is 11.6 Å². The third kappa shape index (κ3) is 3.07. The van der Waals surface area contributed by atoms with Crippen molar-refractivity contribution < 1.29 is 4.74 Å². The van der Waals surface area contributed by atoms with Gasteiger partial charge in [0, 0.05) is 23.8 Å². The molecule has 2 aliphatic carbocycles. The van der Waals surface area contributed by atoms with Gasteiger partial charge in [0.05, 0.1) is 12.2 Å². The first kappa shape index (κ1) is 15.6. The second-order valence-corrected chi connectivity index (χ2v) is 8.45. The van der Waals surface area contributed by atoms with Crippen LogP contribution in [0, 0.1) is 17.3 Å². The average Bonchev–Trinajstić information content (AvgIpc) is 2.45. The summed E-state index contributed by atoms with van der Waals surface area (Å²) in [6, 6.07) is 0. The molecule has 0 radical (unpaired) electrons. The SMILES string of the molecule is CN(C)CC(C)(C)[C@@H]1O[C@@H]2CCCC[C@H]2C2=CCCC[C@@H]21. The summed E-state index contributed by atoms with van der Waals surface area (Å²) in [7, 11) is 4.37. The van der Waals surface area contributed by atoms with Gasteiger partial charge >= 0.3 is 0 Å². The number of allylic oxidation sites excluding steroid dienone is 1. The molecule has 0 bridgehead atoms. The third-order valence-electron chi connectivity index (χ3n) is 5.84. The highest BCUT2D eigenvalue weighted by Gasteiger charge is 2.48. The molecule has 0 unspecified atom stereocenters. The molecule has 0 N–H and O–H groups in total. The maximum Gasteiger partial charge on any atom is 0.0707 e. The van der Waals surface area contributed by atoms with Crippen molar-refractivity contribution in [3.8, 4) is 0 Å². The zero-order chi connectivity index (χ0) is 15.0. The second kappa shape index (κ2) is 6.04. The molecule has 2 nitrogen and oxygen atoms in total. The highest BCUT2D eigenvalue weighted by atomic mass is 16.5. The van der Waals surface area contributed by atoms with Crippen LogP contribution in [0.3, 0.4) is 0 Å². The summed E-state index contributed by atoms with van der Waals surface area (Å²) in [5.41, 5.74) is 2.02. The van der Waals surface area contributed by atoms with Crippen LogP contribution < -0.4 is 0 Å². The fourth-order valence-corrected chi connectivity index (χ4v) is 5.24. The van der Waals surface area contributed by atoms with Crippen LogP contribution in [0.25, 0.3) is 0 Å². The van der Waals surface area contributed by atoms with Crippen LogP contribution in [0.1, 0.15) is 58.8 Å². The number of ether oxygens (including phenoxy) is 1. The van der Waals surface area contributed by atoms with Crippen LogP contribution in [0.2, 0.25) is 0 Å². The van der Waals surface area contributed by atoms with Gasteiger partial charge in [-0.2, -0.15) is 0 Å². The molecule has 0 amide bonds. The van der Waals surface area contributed by atoms with Crippen molar-refractivity contribution in [2.45, 2.75) is 71.0 Å². The average molecular weight is 291 g/mol. The van der Waals surface area contributed by atoms with E-state index in [0.717, 1.165) is 12.5 Å². The second-order valence-electron chi connectivity index (χ2n) is 8.45. The molecule has 1 aliphatic heterocycles. The van der Waals surface area contributed by atoms with Crippen molar-refractivity contribution >= 4 is 0 Å². The van der Waals surface area contributed by atoms with E-state index in [0.29, 0.717) is 18.1 Å². The number of hydrogen-bond donors (Lipinski definition) is 0. The molecule has 1 saturated carbocycles. The predicted octanol–water partition coefficient (Wildman–Crippen LogP) is 4.26. The molecule has 0 aromatic heterocycles. The lowest BCUT2D eigenvalue weighted by Gasteiger charge is -2.52. The Morgan fingerprint density at radius 2 is 1.81 bits per heavy atom. The van der Waals surface area contributed by atoms with E-state index >= 15 is 0 Å². The Labute approximate surface area is 130 Å². The smallest absolute Gasteiger partial charge is 0.0707 e. The molecule has 2 fully saturated rings. The van der Waals surface area contributed by atoms with E-state index in [1.54, 1.807) is 5.57 Å². The van der Waals surface area contributed by atoms with E-state index in [1.807, 2.05) is 0 Å². The first-order chi connectivity index (χ1) is 9.99. The lowest BCUT2D eigenvalue weighted by molar-refractivity contribution is -0.151. The standard InChI is InChI=1S/C19H33NO/c1-19(2,13-20(3)4)18-16-11-6-5-9-14(16)15-10-7-8-12-17(15)21-18/h9,15-18H,5-8,10-13H2,1-4H3/t15-,16-,17+,18+/m0/s1. The van der Waals surface area contributed by atoms with Gasteiger partial charge in [-0.3, -0.25) is 0 Å². The van der Waals surface area contributed by atoms with E-state index in [4.69, 9.17) is 4.74 Å². The van der Waals surface area contributed by atoms with E-state index in [1.165, 1.54) is 44.9 Å². The molecule has 0 aromatic rings. The van der Waals surface area contributed by atoms with E-state index in [-0.39, 0.29) is 5.41 Å². The maximum atomic E-state index is 6.76. The summed E-state index contributed by atoms with van der Waals surface area (Å²) in [5.74, 6) is 1.43. The number of rotatable bonds is 3. The van der Waals surface area contributed by atoms with Crippen LogP contribution in [-0.2, 0) is 4.74 Å². The van der Waals surface area contributed by atoms with Crippen molar-refractivity contribution in [1.82, 2.24) is 4.90 Å². The minimum Gasteiger partial charge on any atom is -0.373 e. The normalized spacial score (nSPS) is 36.9. The van der Waals surface area contributed by atoms with Gasteiger partial charge < -0.3 is 9.64 Å². The molecule has 0 spiro atoms. The van der Waals surface area contributed by atoms with E-state index < -0.39 is 0 Å². The van der Waals surface area contributed by atoms with Crippen molar-refractivity contribution in [3.63, 3.8) is 0 Å². The fraction of sp³-hybridized carbons (Fsp3) is 0.895. The van der Waals surface area contributed by atoms with E-state index in [9.17, 15) is 0 Å². The minimum atomic E-state index is 0.229. The van der Waals surface area contributed by atoms with Crippen molar-refractivity contribution in [2.75, 3.05) is 20.6 Å². The molecule has 0 aromatic carbocycles. The highest BCUT2D eigenvalue weighted by Crippen LogP contribution is 2.50. The molecule has 21 heavy (non-hydrogen) atoms. The van der Waals surface area contributed by atoms with Gasteiger partial charge in [-0.25, -0.2) is 0 Å². The zero-order valence-electron chi connectivity index (χ0n) is 14.4. The molecule has 3 rings (SSSR count). The van der Waals surface area contributed by atoms with Crippen LogP contribution in [0.4, 0.5) is 0 Å². The summed E-state index contributed by atoms with van der Waals surface area (Å²) in [6.45, 7) is 5.93. The lowest BCUT2D eigenvalue weighted by atomic mass is 9.64. The van der Waals surface area contributed by atoms with Crippen LogP contribution in [0.5, 0.6) is 0 Å². The number of fused-ring (bicyclic) bond motifs is 3. The Morgan fingerprint density at radius 1 is 1.10 bits per heavy atom. The monoisotopic (exact) mass is 291 g/mol. The Hall–Kier alpha value is -0.340. The van der Waals surface area contributed by atoms with Gasteiger partial charge in [0.1, 0.15) is 0 Å². The third-order valence-corrected chi connectivity index (χ3v) is 5.84. The fourth-order valence-electron chi connectivity index (χ4n) is 5.24. The van der Waals surface area contributed by atoms with Gasteiger partial charge in [-0.15, -0.1) is 0 Å². The van der Waals surface area contributed by atoms with Gasteiger partial charge in [0.15, 0.2) is 0 Å². The van der Waals surface area contributed by atoms with Crippen LogP contribution in [-0.4, -0.2) is 37.7 Å². The first-order valence-electron chi connectivity index (χ1n) is 8.99. The zero-order valence-corrected chi connectivity index (χ0v) is 14.4. The summed E-state index contributed by atoms with van der Waals surface area (Å²) in [6.07, 6.45) is 12.9. The molecule has 1 saturated heterocycles. The van der Waals surface area contributed by atoms with E-state index in [2.05, 4.69) is 38.9 Å². The molecule has 1 heterocycles. The molecular weight excluding hydrogens is 258 g/mol. The Kier molecular flexibility index (Phi) is 4.47. The topological polar surface area (TPSA) is 12.5 Å². The van der Waals surface area contributed by atoms with Crippen molar-refractivity contribution in [2.24, 2.45) is 17.3 Å². The maximum absolute atomic E-state index is 6.76. The first-order valence-corrected chi connectivity index (χ1v) is 8.99. The summed E-state index contributed by atoms with van der Waals surface area (Å²) in [4.78, 5) is 2.32. The molecule has 4 atom stereocenters. The number of nitrogens with zero attached hydrogens (tertiary/aromatic N) is 1. The van der Waals surface area contributed by atoms with Gasteiger partial charge in [0.25, 0.3) is 0 Å². The number of hydrogen-bond acceptors (Lipinski definition) is 2.